The molecule has 2 unspecified atom stereocenters. The fourth-order valence-electron chi connectivity index (χ4n) is 3.53. The number of nitrogens with zero attached hydrogens (tertiary/aromatic N) is 2. The van der Waals surface area contributed by atoms with Gasteiger partial charge in [-0.25, -0.2) is 0 Å². The maximum atomic E-state index is 5.48. The molecule has 1 aliphatic rings. The van der Waals surface area contributed by atoms with E-state index < -0.39 is 0 Å². The summed E-state index contributed by atoms with van der Waals surface area (Å²) in [6, 6.07) is 15.0. The number of guanidine groups is 1. The van der Waals surface area contributed by atoms with Gasteiger partial charge in [-0.15, -0.1) is 24.0 Å². The summed E-state index contributed by atoms with van der Waals surface area (Å²) in [5.74, 6) is 2.40. The lowest BCUT2D eigenvalue weighted by molar-refractivity contribution is 0.187. The Hall–Kier alpha value is -1.58. The lowest BCUT2D eigenvalue weighted by Crippen LogP contribution is -2.41. The molecule has 1 aliphatic heterocycles. The van der Waals surface area contributed by atoms with Gasteiger partial charge in [0.1, 0.15) is 5.76 Å². The quantitative estimate of drug-likeness (QED) is 0.257. The Morgan fingerprint density at radius 3 is 2.68 bits per heavy atom. The number of aliphatic imine (C=N–C) groups is 1. The first kappa shape index (κ1) is 25.7. The molecule has 2 aromatic rings. The van der Waals surface area contributed by atoms with Gasteiger partial charge in [-0.1, -0.05) is 30.3 Å². The molecule has 1 aromatic carbocycles. The lowest BCUT2D eigenvalue weighted by atomic mass is 10.1. The number of nitrogens with one attached hydrogen (secondary N) is 2. The molecule has 2 heterocycles. The molecule has 0 amide bonds. The second-order valence-electron chi connectivity index (χ2n) is 8.14. The molecule has 0 bridgehead atoms. The van der Waals surface area contributed by atoms with Crippen LogP contribution in [0.3, 0.4) is 0 Å². The first-order chi connectivity index (χ1) is 14.7. The van der Waals surface area contributed by atoms with Gasteiger partial charge in [0, 0.05) is 51.2 Å². The van der Waals surface area contributed by atoms with Crippen LogP contribution < -0.4 is 10.6 Å². The number of halogens is 1. The number of hydrogen-bond acceptors (Lipinski definition) is 4. The number of rotatable bonds is 11. The average Bonchev–Trinajstić information content (AvgIpc) is 3.46. The van der Waals surface area contributed by atoms with Crippen LogP contribution in [0.1, 0.15) is 31.1 Å². The molecule has 1 saturated heterocycles. The lowest BCUT2D eigenvalue weighted by Gasteiger charge is -2.25. The van der Waals surface area contributed by atoms with Crippen molar-refractivity contribution in [1.82, 2.24) is 15.5 Å². The van der Waals surface area contributed by atoms with Crippen LogP contribution in [0.5, 0.6) is 0 Å². The predicted molar refractivity (Wildman–Crippen MR) is 137 cm³/mol. The van der Waals surface area contributed by atoms with Gasteiger partial charge in [-0.05, 0) is 44.5 Å². The van der Waals surface area contributed by atoms with E-state index in [1.807, 2.05) is 12.1 Å². The summed E-state index contributed by atoms with van der Waals surface area (Å²) < 4.78 is 10.9. The molecule has 172 valence electrons. The SMILES string of the molecule is CC(CCNC(=NCC1CCOC1)NCCc1ccco1)N(C)Cc1ccccc1.I. The Morgan fingerprint density at radius 2 is 1.97 bits per heavy atom. The molecule has 31 heavy (non-hydrogen) atoms. The van der Waals surface area contributed by atoms with Crippen molar-refractivity contribution in [2.75, 3.05) is 39.9 Å². The van der Waals surface area contributed by atoms with Gasteiger partial charge >= 0.3 is 0 Å². The van der Waals surface area contributed by atoms with E-state index in [1.165, 1.54) is 5.56 Å². The molecule has 0 saturated carbocycles. The molecule has 7 heteroatoms. The summed E-state index contributed by atoms with van der Waals surface area (Å²) >= 11 is 0. The smallest absolute Gasteiger partial charge is 0.191 e. The van der Waals surface area contributed by atoms with Crippen LogP contribution in [0.2, 0.25) is 0 Å². The summed E-state index contributed by atoms with van der Waals surface area (Å²) in [7, 11) is 2.19. The molecule has 1 aromatic heterocycles. The van der Waals surface area contributed by atoms with E-state index in [1.54, 1.807) is 6.26 Å². The highest BCUT2D eigenvalue weighted by atomic mass is 127. The molecule has 2 N–H and O–H groups in total. The predicted octanol–water partition coefficient (Wildman–Crippen LogP) is 3.92. The van der Waals surface area contributed by atoms with Crippen molar-refractivity contribution in [1.29, 1.82) is 0 Å². The standard InChI is InChI=1S/C24H36N4O2.HI/c1-20(28(2)18-21-7-4-3-5-8-21)10-13-25-24(27-17-22-12-16-29-19-22)26-14-11-23-9-6-15-30-23;/h3-9,15,20,22H,10-14,16-19H2,1-2H3,(H2,25,26,27);1H. The van der Waals surface area contributed by atoms with Crippen molar-refractivity contribution >= 4 is 29.9 Å². The molecular formula is C24H37IN4O2. The van der Waals surface area contributed by atoms with Gasteiger partial charge in [0.25, 0.3) is 0 Å². The van der Waals surface area contributed by atoms with Gasteiger partial charge in [0.05, 0.1) is 12.9 Å². The van der Waals surface area contributed by atoms with Crippen molar-refractivity contribution < 1.29 is 9.15 Å². The van der Waals surface area contributed by atoms with E-state index >= 15 is 0 Å². The second-order valence-corrected chi connectivity index (χ2v) is 8.14. The zero-order valence-corrected chi connectivity index (χ0v) is 21.1. The Bertz CT molecular complexity index is 733. The third-order valence-electron chi connectivity index (χ3n) is 5.66. The molecule has 6 nitrogen and oxygen atoms in total. The normalized spacial score (nSPS) is 17.4. The second kappa shape index (κ2) is 14.5. The molecular weight excluding hydrogens is 503 g/mol. The first-order valence-electron chi connectivity index (χ1n) is 11.1. The third-order valence-corrected chi connectivity index (χ3v) is 5.66. The maximum absolute atomic E-state index is 5.48. The number of furan rings is 1. The van der Waals surface area contributed by atoms with Crippen molar-refractivity contribution in [3.05, 3.63) is 60.1 Å². The van der Waals surface area contributed by atoms with Crippen molar-refractivity contribution in [2.45, 2.75) is 38.8 Å². The number of ether oxygens (including phenoxy) is 1. The van der Waals surface area contributed by atoms with Gasteiger partial charge in [0.2, 0.25) is 0 Å². The number of hydrogen-bond donors (Lipinski definition) is 2. The summed E-state index contributed by atoms with van der Waals surface area (Å²) in [5.41, 5.74) is 1.35. The van der Waals surface area contributed by atoms with E-state index in [2.05, 4.69) is 59.8 Å². The highest BCUT2D eigenvalue weighted by Gasteiger charge is 2.15. The average molecular weight is 540 g/mol. The molecule has 0 spiro atoms. The molecule has 1 fully saturated rings. The van der Waals surface area contributed by atoms with Crippen LogP contribution in [0.25, 0.3) is 0 Å². The molecule has 0 aliphatic carbocycles. The molecule has 0 radical (unpaired) electrons. The maximum Gasteiger partial charge on any atom is 0.191 e. The summed E-state index contributed by atoms with van der Waals surface area (Å²) in [4.78, 5) is 7.20. The van der Waals surface area contributed by atoms with Crippen LogP contribution in [-0.2, 0) is 17.7 Å². The first-order valence-corrected chi connectivity index (χ1v) is 11.1. The highest BCUT2D eigenvalue weighted by molar-refractivity contribution is 14.0. The van der Waals surface area contributed by atoms with Crippen LogP contribution in [0.15, 0.2) is 58.1 Å². The van der Waals surface area contributed by atoms with Crippen LogP contribution in [0.4, 0.5) is 0 Å². The summed E-state index contributed by atoms with van der Waals surface area (Å²) in [5, 5.41) is 6.96. The summed E-state index contributed by atoms with van der Waals surface area (Å²) in [6.45, 7) is 7.41. The minimum Gasteiger partial charge on any atom is -0.469 e. The van der Waals surface area contributed by atoms with E-state index in [9.17, 15) is 0 Å². The third kappa shape index (κ3) is 9.62. The zero-order chi connectivity index (χ0) is 21.0. The van der Waals surface area contributed by atoms with Gasteiger partial charge in [0.15, 0.2) is 5.96 Å². The summed E-state index contributed by atoms with van der Waals surface area (Å²) in [6.07, 6.45) is 4.71. The Balaban J connectivity index is 0.00000341. The Labute approximate surface area is 203 Å². The van der Waals surface area contributed by atoms with E-state index in [0.717, 1.165) is 70.4 Å². The highest BCUT2D eigenvalue weighted by Crippen LogP contribution is 2.12. The minimum absolute atomic E-state index is 0. The largest absolute Gasteiger partial charge is 0.469 e. The number of benzene rings is 1. The fraction of sp³-hybridized carbons (Fsp3) is 0.542. The monoisotopic (exact) mass is 540 g/mol. The Morgan fingerprint density at radius 1 is 1.16 bits per heavy atom. The molecule has 2 atom stereocenters. The van der Waals surface area contributed by atoms with E-state index in [4.69, 9.17) is 14.1 Å². The molecule has 3 rings (SSSR count). The minimum atomic E-state index is 0. The van der Waals surface area contributed by atoms with Gasteiger partial charge < -0.3 is 19.8 Å². The van der Waals surface area contributed by atoms with Crippen LogP contribution >= 0.6 is 24.0 Å². The van der Waals surface area contributed by atoms with E-state index in [-0.39, 0.29) is 24.0 Å². The zero-order valence-electron chi connectivity index (χ0n) is 18.8. The van der Waals surface area contributed by atoms with Crippen LogP contribution in [-0.4, -0.2) is 56.8 Å². The van der Waals surface area contributed by atoms with Gasteiger partial charge in [-0.3, -0.25) is 9.89 Å². The van der Waals surface area contributed by atoms with E-state index in [0.29, 0.717) is 12.0 Å². The fourth-order valence-corrected chi connectivity index (χ4v) is 3.53. The topological polar surface area (TPSA) is 62.0 Å². The van der Waals surface area contributed by atoms with Crippen LogP contribution in [0, 0.1) is 5.92 Å². The van der Waals surface area contributed by atoms with Crippen molar-refractivity contribution in [3.63, 3.8) is 0 Å². The Kier molecular flexibility index (Phi) is 12.0. The van der Waals surface area contributed by atoms with Crippen molar-refractivity contribution in [2.24, 2.45) is 10.9 Å². The van der Waals surface area contributed by atoms with Crippen molar-refractivity contribution in [3.8, 4) is 0 Å². The van der Waals surface area contributed by atoms with Gasteiger partial charge in [-0.2, -0.15) is 0 Å².